The average molecular weight is 281 g/mol. The lowest BCUT2D eigenvalue weighted by molar-refractivity contribution is 0.414. The van der Waals surface area contributed by atoms with Crippen LogP contribution in [0.2, 0.25) is 0 Å². The Balaban J connectivity index is 2.00. The quantitative estimate of drug-likeness (QED) is 0.800. The summed E-state index contributed by atoms with van der Waals surface area (Å²) in [5.74, 6) is 1.88. The highest BCUT2D eigenvalue weighted by atomic mass is 16.5. The Morgan fingerprint density at radius 3 is 2.67 bits per heavy atom. The number of benzene rings is 2. The van der Waals surface area contributed by atoms with Gasteiger partial charge in [-0.15, -0.1) is 0 Å². The maximum Gasteiger partial charge on any atom is 0.119 e. The highest BCUT2D eigenvalue weighted by Gasteiger charge is 2.10. The van der Waals surface area contributed by atoms with Gasteiger partial charge in [0.2, 0.25) is 0 Å². The van der Waals surface area contributed by atoms with Gasteiger partial charge in [-0.05, 0) is 35.4 Å². The van der Waals surface area contributed by atoms with Crippen molar-refractivity contribution in [1.82, 2.24) is 9.55 Å². The Morgan fingerprint density at radius 2 is 1.95 bits per heavy atom. The molecule has 2 aromatic carbocycles. The molecule has 0 spiro atoms. The molecule has 4 nitrogen and oxygen atoms in total. The molecule has 1 heterocycles. The summed E-state index contributed by atoms with van der Waals surface area (Å²) in [4.78, 5) is 4.72. The molecule has 108 valence electrons. The van der Waals surface area contributed by atoms with Gasteiger partial charge in [0.15, 0.2) is 0 Å². The maximum absolute atomic E-state index is 5.86. The van der Waals surface area contributed by atoms with Crippen molar-refractivity contribution >= 4 is 11.0 Å². The van der Waals surface area contributed by atoms with Crippen molar-refractivity contribution in [2.45, 2.75) is 13.0 Å². The SMILES string of the molecule is COc1ccc(Cc2nc3ccccc3n2C)c(CN)c1. The Kier molecular flexibility index (Phi) is 3.62. The normalized spacial score (nSPS) is 11.0. The number of aromatic nitrogens is 2. The Labute approximate surface area is 124 Å². The molecule has 1 aromatic heterocycles. The molecular weight excluding hydrogens is 262 g/mol. The van der Waals surface area contributed by atoms with Crippen molar-refractivity contribution in [1.29, 1.82) is 0 Å². The molecule has 0 saturated heterocycles. The summed E-state index contributed by atoms with van der Waals surface area (Å²) in [5, 5.41) is 0. The van der Waals surface area contributed by atoms with Crippen molar-refractivity contribution < 1.29 is 4.74 Å². The molecule has 0 radical (unpaired) electrons. The van der Waals surface area contributed by atoms with Crippen molar-refractivity contribution in [2.75, 3.05) is 7.11 Å². The predicted molar refractivity (Wildman–Crippen MR) is 84.4 cm³/mol. The first-order chi connectivity index (χ1) is 10.2. The summed E-state index contributed by atoms with van der Waals surface area (Å²) in [6, 6.07) is 14.2. The van der Waals surface area contributed by atoms with Gasteiger partial charge < -0.3 is 15.0 Å². The van der Waals surface area contributed by atoms with Gasteiger partial charge in [0.25, 0.3) is 0 Å². The number of hydrogen-bond acceptors (Lipinski definition) is 3. The molecule has 0 saturated carbocycles. The number of ether oxygens (including phenoxy) is 1. The number of nitrogens with two attached hydrogens (primary N) is 1. The van der Waals surface area contributed by atoms with E-state index in [1.807, 2.05) is 30.3 Å². The third-order valence-corrected chi connectivity index (χ3v) is 3.86. The molecule has 0 aliphatic rings. The van der Waals surface area contributed by atoms with Gasteiger partial charge in [-0.25, -0.2) is 4.98 Å². The Morgan fingerprint density at radius 1 is 1.14 bits per heavy atom. The molecule has 0 atom stereocenters. The summed E-state index contributed by atoms with van der Waals surface area (Å²) < 4.78 is 7.40. The molecule has 0 bridgehead atoms. The Hall–Kier alpha value is -2.33. The van der Waals surface area contributed by atoms with Crippen LogP contribution in [0.1, 0.15) is 17.0 Å². The fourth-order valence-corrected chi connectivity index (χ4v) is 2.62. The summed E-state index contributed by atoms with van der Waals surface area (Å²) in [6.45, 7) is 0.497. The van der Waals surface area contributed by atoms with Crippen LogP contribution in [0.25, 0.3) is 11.0 Å². The van der Waals surface area contributed by atoms with Crippen LogP contribution < -0.4 is 10.5 Å². The fourth-order valence-electron chi connectivity index (χ4n) is 2.62. The lowest BCUT2D eigenvalue weighted by Gasteiger charge is -2.10. The van der Waals surface area contributed by atoms with Crippen molar-refractivity contribution in [3.05, 3.63) is 59.4 Å². The molecule has 0 amide bonds. The van der Waals surface area contributed by atoms with Crippen LogP contribution in [0, 0.1) is 0 Å². The van der Waals surface area contributed by atoms with Gasteiger partial charge >= 0.3 is 0 Å². The second kappa shape index (κ2) is 5.58. The highest BCUT2D eigenvalue weighted by Crippen LogP contribution is 2.22. The topological polar surface area (TPSA) is 53.1 Å². The average Bonchev–Trinajstić information content (AvgIpc) is 2.84. The number of methoxy groups -OCH3 is 1. The molecule has 0 aliphatic carbocycles. The van der Waals surface area contributed by atoms with Crippen LogP contribution >= 0.6 is 0 Å². The van der Waals surface area contributed by atoms with E-state index in [0.29, 0.717) is 6.54 Å². The van der Waals surface area contributed by atoms with E-state index < -0.39 is 0 Å². The first-order valence-electron chi connectivity index (χ1n) is 6.99. The first kappa shape index (κ1) is 13.6. The molecular formula is C17H19N3O. The minimum atomic E-state index is 0.497. The van der Waals surface area contributed by atoms with Crippen LogP contribution in [0.4, 0.5) is 0 Å². The van der Waals surface area contributed by atoms with Crippen molar-refractivity contribution in [3.8, 4) is 5.75 Å². The number of rotatable bonds is 4. The van der Waals surface area contributed by atoms with Crippen LogP contribution in [0.5, 0.6) is 5.75 Å². The maximum atomic E-state index is 5.86. The van der Waals surface area contributed by atoms with Crippen LogP contribution in [-0.2, 0) is 20.0 Å². The zero-order chi connectivity index (χ0) is 14.8. The third-order valence-electron chi connectivity index (χ3n) is 3.86. The second-order valence-corrected chi connectivity index (χ2v) is 5.09. The van der Waals surface area contributed by atoms with Gasteiger partial charge in [0, 0.05) is 20.0 Å². The molecule has 0 fully saturated rings. The standard InChI is InChI=1S/C17H19N3O/c1-20-16-6-4-3-5-15(16)19-17(20)10-12-7-8-14(21-2)9-13(12)11-18/h3-9H,10-11,18H2,1-2H3. The lowest BCUT2D eigenvalue weighted by atomic mass is 10.0. The minimum absolute atomic E-state index is 0.497. The number of fused-ring (bicyclic) bond motifs is 1. The number of aryl methyl sites for hydroxylation is 1. The molecule has 0 unspecified atom stereocenters. The van der Waals surface area contributed by atoms with Gasteiger partial charge in [-0.2, -0.15) is 0 Å². The van der Waals surface area contributed by atoms with E-state index in [2.05, 4.69) is 23.7 Å². The summed E-state index contributed by atoms with van der Waals surface area (Å²) in [5.41, 5.74) is 10.3. The highest BCUT2D eigenvalue weighted by molar-refractivity contribution is 5.75. The summed E-state index contributed by atoms with van der Waals surface area (Å²) in [7, 11) is 3.72. The molecule has 3 aromatic rings. The van der Waals surface area contributed by atoms with E-state index in [-0.39, 0.29) is 0 Å². The number of para-hydroxylation sites is 2. The molecule has 0 aliphatic heterocycles. The number of imidazole rings is 1. The summed E-state index contributed by atoms with van der Waals surface area (Å²) in [6.07, 6.45) is 0.766. The second-order valence-electron chi connectivity index (χ2n) is 5.09. The zero-order valence-electron chi connectivity index (χ0n) is 12.3. The van der Waals surface area contributed by atoms with Crippen molar-refractivity contribution in [3.63, 3.8) is 0 Å². The first-order valence-corrected chi connectivity index (χ1v) is 6.99. The van der Waals surface area contributed by atoms with Gasteiger partial charge in [0.05, 0.1) is 18.1 Å². The molecule has 4 heteroatoms. The monoisotopic (exact) mass is 281 g/mol. The van der Waals surface area contributed by atoms with Crippen LogP contribution in [0.3, 0.4) is 0 Å². The molecule has 2 N–H and O–H groups in total. The zero-order valence-corrected chi connectivity index (χ0v) is 12.3. The van der Waals surface area contributed by atoms with E-state index in [1.54, 1.807) is 7.11 Å². The largest absolute Gasteiger partial charge is 0.497 e. The predicted octanol–water partition coefficient (Wildman–Crippen LogP) is 2.63. The van der Waals surface area contributed by atoms with Gasteiger partial charge in [-0.1, -0.05) is 18.2 Å². The van der Waals surface area contributed by atoms with Gasteiger partial charge in [-0.3, -0.25) is 0 Å². The third kappa shape index (κ3) is 2.50. The summed E-state index contributed by atoms with van der Waals surface area (Å²) >= 11 is 0. The van der Waals surface area contributed by atoms with E-state index >= 15 is 0 Å². The fraction of sp³-hybridized carbons (Fsp3) is 0.235. The van der Waals surface area contributed by atoms with E-state index in [9.17, 15) is 0 Å². The minimum Gasteiger partial charge on any atom is -0.497 e. The molecule has 3 rings (SSSR count). The lowest BCUT2D eigenvalue weighted by Crippen LogP contribution is -2.05. The smallest absolute Gasteiger partial charge is 0.119 e. The van der Waals surface area contributed by atoms with Crippen LogP contribution in [-0.4, -0.2) is 16.7 Å². The number of nitrogens with zero attached hydrogens (tertiary/aromatic N) is 2. The van der Waals surface area contributed by atoms with Crippen LogP contribution in [0.15, 0.2) is 42.5 Å². The van der Waals surface area contributed by atoms with Gasteiger partial charge in [0.1, 0.15) is 11.6 Å². The number of hydrogen-bond donors (Lipinski definition) is 1. The van der Waals surface area contributed by atoms with E-state index in [0.717, 1.165) is 34.6 Å². The molecule has 21 heavy (non-hydrogen) atoms. The van der Waals surface area contributed by atoms with E-state index in [4.69, 9.17) is 15.5 Å². The Bertz CT molecular complexity index is 777. The van der Waals surface area contributed by atoms with Crippen molar-refractivity contribution in [2.24, 2.45) is 12.8 Å². The van der Waals surface area contributed by atoms with E-state index in [1.165, 1.54) is 5.56 Å².